The van der Waals surface area contributed by atoms with E-state index in [-0.39, 0.29) is 19.4 Å². The van der Waals surface area contributed by atoms with Crippen molar-refractivity contribution < 1.29 is 47.8 Å². The fourth-order valence-electron chi connectivity index (χ4n) is 6.03. The Balaban J connectivity index is 4.24. The minimum absolute atomic E-state index is 0.0782. The second kappa shape index (κ2) is 42.1. The highest BCUT2D eigenvalue weighted by molar-refractivity contribution is 7.47. The fourth-order valence-corrected chi connectivity index (χ4v) is 6.82. The van der Waals surface area contributed by atoms with Crippen LogP contribution in [-0.4, -0.2) is 65.7 Å². The topological polar surface area (TPSA) is 149 Å². The molecule has 0 saturated carbocycles. The summed E-state index contributed by atoms with van der Waals surface area (Å²) in [6.45, 7) is 2.21. The molecule has 0 radical (unpaired) electrons. The van der Waals surface area contributed by atoms with Gasteiger partial charge in [-0.2, -0.15) is 0 Å². The monoisotopic (exact) mass is 827 g/mol. The predicted molar refractivity (Wildman–Crippen MR) is 233 cm³/mol. The Morgan fingerprint density at radius 2 is 1.00 bits per heavy atom. The molecule has 332 valence electrons. The van der Waals surface area contributed by atoms with Crippen LogP contribution in [-0.2, 0) is 32.7 Å². The highest BCUT2D eigenvalue weighted by atomic mass is 31.2. The molecule has 3 N–H and O–H groups in total. The van der Waals surface area contributed by atoms with Crippen LogP contribution in [0.3, 0.4) is 0 Å². The molecule has 0 aromatic rings. The number of carbonyl (C=O) groups excluding carboxylic acids is 2. The second-order valence-corrected chi connectivity index (χ2v) is 16.5. The Labute approximate surface area is 347 Å². The molecule has 10 nitrogen and oxygen atoms in total. The highest BCUT2D eigenvalue weighted by Crippen LogP contribution is 2.43. The van der Waals surface area contributed by atoms with Gasteiger partial charge in [0.1, 0.15) is 12.7 Å². The first-order valence-electron chi connectivity index (χ1n) is 22.6. The molecular formula is C46H83O10P. The molecule has 0 amide bonds. The summed E-state index contributed by atoms with van der Waals surface area (Å²) < 4.78 is 32.6. The van der Waals surface area contributed by atoms with Crippen molar-refractivity contribution in [3.8, 4) is 0 Å². The first-order chi connectivity index (χ1) is 27.7. The van der Waals surface area contributed by atoms with Crippen molar-refractivity contribution in [2.24, 2.45) is 0 Å². The minimum Gasteiger partial charge on any atom is -0.462 e. The maximum Gasteiger partial charge on any atom is 0.472 e. The normalized spacial score (nSPS) is 14.3. The zero-order valence-corrected chi connectivity index (χ0v) is 36.9. The van der Waals surface area contributed by atoms with Crippen molar-refractivity contribution in [2.75, 3.05) is 26.4 Å². The molecule has 0 aromatic carbocycles. The van der Waals surface area contributed by atoms with E-state index >= 15 is 0 Å². The number of phosphoric ester groups is 1. The van der Waals surface area contributed by atoms with Crippen molar-refractivity contribution in [3.05, 3.63) is 48.6 Å². The average molecular weight is 827 g/mol. The van der Waals surface area contributed by atoms with E-state index in [9.17, 15) is 24.2 Å². The standard InChI is InChI=1S/C46H83O10P/c1-3-5-7-9-11-13-15-17-18-19-20-21-22-23-24-26-27-29-31-33-35-37-45(49)53-41-44(42-55-57(51,52)54-40-43(48)39-47)56-46(50)38-36-34-32-30-28-25-16-14-12-10-8-6-4-2/h5,7,11,13,25,28,32,34,43-44,47-48H,3-4,6,8-10,12,14-24,26-27,29-31,33,35-42H2,1-2H3,(H,51,52)/b7-5+,13-11+,28-25+,34-32+/t43-,44?/m1/s1. The molecule has 0 heterocycles. The number of aliphatic hydroxyl groups excluding tert-OH is 2. The number of esters is 2. The van der Waals surface area contributed by atoms with Crippen molar-refractivity contribution >= 4 is 19.8 Å². The van der Waals surface area contributed by atoms with E-state index in [1.165, 1.54) is 109 Å². The van der Waals surface area contributed by atoms with Gasteiger partial charge in [0.2, 0.25) is 0 Å². The van der Waals surface area contributed by atoms with E-state index in [1.807, 2.05) is 12.2 Å². The third-order valence-electron chi connectivity index (χ3n) is 9.48. The van der Waals surface area contributed by atoms with Crippen LogP contribution in [0.5, 0.6) is 0 Å². The summed E-state index contributed by atoms with van der Waals surface area (Å²) >= 11 is 0. The SMILES string of the molecule is CC/C=C/C/C=C/CCCCCCCCCCCCCCCCC(=O)OCC(COP(=O)(O)OC[C@H](O)CO)OC(=O)CC/C=C/C/C=C/CCCCCCCC. The Morgan fingerprint density at radius 1 is 0.544 bits per heavy atom. The maximum absolute atomic E-state index is 12.6. The van der Waals surface area contributed by atoms with Crippen LogP contribution in [0.1, 0.15) is 194 Å². The maximum atomic E-state index is 12.6. The number of unbranched alkanes of at least 4 members (excludes halogenated alkanes) is 20. The number of aliphatic hydroxyl groups is 2. The molecule has 0 aliphatic heterocycles. The summed E-state index contributed by atoms with van der Waals surface area (Å²) in [5, 5.41) is 18.3. The molecular weight excluding hydrogens is 743 g/mol. The lowest BCUT2D eigenvalue weighted by Gasteiger charge is -2.20. The third kappa shape index (κ3) is 41.9. The van der Waals surface area contributed by atoms with Gasteiger partial charge in [0.05, 0.1) is 19.8 Å². The van der Waals surface area contributed by atoms with Gasteiger partial charge in [0.25, 0.3) is 0 Å². The quantitative estimate of drug-likeness (QED) is 0.0235. The van der Waals surface area contributed by atoms with Crippen molar-refractivity contribution in [1.82, 2.24) is 0 Å². The van der Waals surface area contributed by atoms with Gasteiger partial charge in [-0.25, -0.2) is 4.57 Å². The molecule has 2 unspecified atom stereocenters. The Hall–Kier alpha value is -2.07. The summed E-state index contributed by atoms with van der Waals surface area (Å²) in [5.41, 5.74) is 0. The van der Waals surface area contributed by atoms with Gasteiger partial charge in [0.15, 0.2) is 6.10 Å². The summed E-state index contributed by atoms with van der Waals surface area (Å²) in [6, 6.07) is 0. The summed E-state index contributed by atoms with van der Waals surface area (Å²) in [5.74, 6) is -1.00. The first kappa shape index (κ1) is 54.9. The van der Waals surface area contributed by atoms with Crippen LogP contribution in [0, 0.1) is 0 Å². The smallest absolute Gasteiger partial charge is 0.462 e. The molecule has 57 heavy (non-hydrogen) atoms. The summed E-state index contributed by atoms with van der Waals surface area (Å²) in [4.78, 5) is 35.0. The Bertz CT molecular complexity index is 1090. The molecule has 0 aliphatic carbocycles. The van der Waals surface area contributed by atoms with Crippen LogP contribution in [0.25, 0.3) is 0 Å². The van der Waals surface area contributed by atoms with Crippen molar-refractivity contribution in [3.63, 3.8) is 0 Å². The first-order valence-corrected chi connectivity index (χ1v) is 24.1. The van der Waals surface area contributed by atoms with Crippen LogP contribution in [0.2, 0.25) is 0 Å². The van der Waals surface area contributed by atoms with Crippen molar-refractivity contribution in [1.29, 1.82) is 0 Å². The van der Waals surface area contributed by atoms with Gasteiger partial charge in [-0.3, -0.25) is 18.6 Å². The van der Waals surface area contributed by atoms with Gasteiger partial charge in [0, 0.05) is 12.8 Å². The van der Waals surface area contributed by atoms with E-state index in [2.05, 4.69) is 54.8 Å². The van der Waals surface area contributed by atoms with Gasteiger partial charge < -0.3 is 24.6 Å². The molecule has 0 aromatic heterocycles. The Morgan fingerprint density at radius 3 is 1.51 bits per heavy atom. The molecule has 0 spiro atoms. The average Bonchev–Trinajstić information content (AvgIpc) is 3.20. The van der Waals surface area contributed by atoms with Crippen molar-refractivity contribution in [2.45, 2.75) is 206 Å². The van der Waals surface area contributed by atoms with Gasteiger partial charge >= 0.3 is 19.8 Å². The number of phosphoric acid groups is 1. The zero-order valence-electron chi connectivity index (χ0n) is 36.0. The van der Waals surface area contributed by atoms with Gasteiger partial charge in [-0.15, -0.1) is 0 Å². The number of hydrogen-bond donors (Lipinski definition) is 3. The zero-order chi connectivity index (χ0) is 41.9. The molecule has 0 rings (SSSR count). The summed E-state index contributed by atoms with van der Waals surface area (Å²) in [7, 11) is -4.63. The predicted octanol–water partition coefficient (Wildman–Crippen LogP) is 12.1. The van der Waals surface area contributed by atoms with E-state index in [0.29, 0.717) is 12.8 Å². The number of ether oxygens (including phenoxy) is 2. The second-order valence-electron chi connectivity index (χ2n) is 15.0. The number of carbonyl (C=O) groups is 2. The molecule has 0 saturated heterocycles. The van der Waals surface area contributed by atoms with Gasteiger partial charge in [-0.05, 0) is 57.8 Å². The van der Waals surface area contributed by atoms with Crippen LogP contribution in [0.4, 0.5) is 0 Å². The molecule has 0 fully saturated rings. The summed E-state index contributed by atoms with van der Waals surface area (Å²) in [6.07, 6.45) is 45.3. The lowest BCUT2D eigenvalue weighted by molar-refractivity contribution is -0.161. The highest BCUT2D eigenvalue weighted by Gasteiger charge is 2.27. The molecule has 0 bridgehead atoms. The third-order valence-corrected chi connectivity index (χ3v) is 10.4. The van der Waals surface area contributed by atoms with Crippen LogP contribution < -0.4 is 0 Å². The number of allylic oxidation sites excluding steroid dienone is 8. The molecule has 3 atom stereocenters. The largest absolute Gasteiger partial charge is 0.472 e. The number of hydrogen-bond acceptors (Lipinski definition) is 9. The number of rotatable bonds is 42. The molecule has 11 heteroatoms. The minimum atomic E-state index is -4.63. The van der Waals surface area contributed by atoms with E-state index in [1.54, 1.807) is 0 Å². The lowest BCUT2D eigenvalue weighted by Crippen LogP contribution is -2.29. The van der Waals surface area contributed by atoms with Crippen LogP contribution >= 0.6 is 7.82 Å². The van der Waals surface area contributed by atoms with E-state index < -0.39 is 51.8 Å². The van der Waals surface area contributed by atoms with E-state index in [4.69, 9.17) is 19.1 Å². The molecule has 0 aliphatic rings. The Kier molecular flexibility index (Phi) is 40.5. The lowest BCUT2D eigenvalue weighted by atomic mass is 10.0. The van der Waals surface area contributed by atoms with Gasteiger partial charge in [-0.1, -0.05) is 172 Å². The van der Waals surface area contributed by atoms with E-state index in [0.717, 1.165) is 44.9 Å². The van der Waals surface area contributed by atoms with Crippen LogP contribution in [0.15, 0.2) is 48.6 Å². The fraction of sp³-hybridized carbons (Fsp3) is 0.783.